The molecule has 1 aromatic heterocycles. The number of pyridine rings is 1. The van der Waals surface area contributed by atoms with E-state index in [0.29, 0.717) is 5.75 Å². The Morgan fingerprint density at radius 1 is 1.31 bits per heavy atom. The minimum atomic E-state index is -0.568. The molecular weight excluding hydrogens is 202 g/mol. The Labute approximate surface area is 94.7 Å². The molecule has 1 atom stereocenters. The van der Waals surface area contributed by atoms with Crippen molar-refractivity contribution < 1.29 is 9.84 Å². The number of aliphatic hydroxyl groups is 1. The molecule has 0 aliphatic carbocycles. The van der Waals surface area contributed by atoms with Crippen LogP contribution in [-0.4, -0.2) is 17.2 Å². The van der Waals surface area contributed by atoms with Crippen molar-refractivity contribution in [2.75, 3.05) is 7.11 Å². The minimum absolute atomic E-state index is 0.568. The summed E-state index contributed by atoms with van der Waals surface area (Å²) in [5.74, 6) is 0.707. The molecule has 16 heavy (non-hydrogen) atoms. The van der Waals surface area contributed by atoms with Crippen LogP contribution >= 0.6 is 0 Å². The second-order valence-electron chi connectivity index (χ2n) is 3.88. The molecule has 1 unspecified atom stereocenters. The van der Waals surface area contributed by atoms with Crippen molar-refractivity contribution >= 4 is 10.9 Å². The number of hydrogen-bond acceptors (Lipinski definition) is 3. The van der Waals surface area contributed by atoms with Gasteiger partial charge >= 0.3 is 0 Å². The maximum atomic E-state index is 9.85. The van der Waals surface area contributed by atoms with Gasteiger partial charge in [0.05, 0.1) is 18.7 Å². The quantitative estimate of drug-likeness (QED) is 0.840. The van der Waals surface area contributed by atoms with E-state index in [9.17, 15) is 5.11 Å². The van der Waals surface area contributed by atoms with Crippen LogP contribution in [0.1, 0.15) is 24.2 Å². The third kappa shape index (κ3) is 1.63. The second-order valence-corrected chi connectivity index (χ2v) is 3.88. The second kappa shape index (κ2) is 4.10. The standard InChI is InChI=1S/C13H15NO2/c1-8-6-7-14-10-4-5-11(16-3)13(9(2)15)12(8)10/h4-7,9,15H,1-3H3. The van der Waals surface area contributed by atoms with Gasteiger partial charge in [0.1, 0.15) is 5.75 Å². The van der Waals surface area contributed by atoms with Crippen LogP contribution in [0.15, 0.2) is 24.4 Å². The highest BCUT2D eigenvalue weighted by Gasteiger charge is 2.14. The lowest BCUT2D eigenvalue weighted by Crippen LogP contribution is -1.99. The van der Waals surface area contributed by atoms with Gasteiger partial charge in [0, 0.05) is 17.1 Å². The van der Waals surface area contributed by atoms with Crippen LogP contribution in [0.4, 0.5) is 0 Å². The minimum Gasteiger partial charge on any atom is -0.496 e. The molecule has 0 fully saturated rings. The van der Waals surface area contributed by atoms with Crippen molar-refractivity contribution in [1.29, 1.82) is 0 Å². The summed E-state index contributed by atoms with van der Waals surface area (Å²) in [6, 6.07) is 5.69. The Bertz CT molecular complexity index is 521. The first-order valence-electron chi connectivity index (χ1n) is 5.25. The zero-order chi connectivity index (χ0) is 11.7. The maximum absolute atomic E-state index is 9.85. The molecule has 1 aromatic carbocycles. The first-order valence-corrected chi connectivity index (χ1v) is 5.25. The van der Waals surface area contributed by atoms with E-state index >= 15 is 0 Å². The van der Waals surface area contributed by atoms with E-state index in [4.69, 9.17) is 4.74 Å². The summed E-state index contributed by atoms with van der Waals surface area (Å²) < 4.78 is 5.28. The van der Waals surface area contributed by atoms with E-state index in [0.717, 1.165) is 22.0 Å². The number of benzene rings is 1. The number of nitrogens with zero attached hydrogens (tertiary/aromatic N) is 1. The van der Waals surface area contributed by atoms with Gasteiger partial charge in [-0.1, -0.05) is 0 Å². The Morgan fingerprint density at radius 2 is 2.06 bits per heavy atom. The number of ether oxygens (including phenoxy) is 1. The highest BCUT2D eigenvalue weighted by Crippen LogP contribution is 2.33. The summed E-state index contributed by atoms with van der Waals surface area (Å²) in [6.45, 7) is 3.75. The first kappa shape index (κ1) is 10.9. The molecule has 0 radical (unpaired) electrons. The van der Waals surface area contributed by atoms with Crippen LogP contribution in [0.3, 0.4) is 0 Å². The van der Waals surface area contributed by atoms with Crippen molar-refractivity contribution in [3.05, 3.63) is 35.5 Å². The average Bonchev–Trinajstić information content (AvgIpc) is 2.27. The molecule has 2 aromatic rings. The Hall–Kier alpha value is -1.61. The lowest BCUT2D eigenvalue weighted by atomic mass is 9.99. The van der Waals surface area contributed by atoms with Gasteiger partial charge in [-0.05, 0) is 37.6 Å². The molecule has 84 valence electrons. The molecule has 0 amide bonds. The monoisotopic (exact) mass is 217 g/mol. The smallest absolute Gasteiger partial charge is 0.125 e. The fourth-order valence-electron chi connectivity index (χ4n) is 2.02. The molecule has 3 nitrogen and oxygen atoms in total. The molecule has 0 aliphatic rings. The molecular formula is C13H15NO2. The van der Waals surface area contributed by atoms with Crippen LogP contribution in [0.5, 0.6) is 5.75 Å². The third-order valence-corrected chi connectivity index (χ3v) is 2.75. The van der Waals surface area contributed by atoms with Gasteiger partial charge in [-0.2, -0.15) is 0 Å². The Morgan fingerprint density at radius 3 is 2.69 bits per heavy atom. The molecule has 0 saturated carbocycles. The van der Waals surface area contributed by atoms with Gasteiger partial charge in [-0.3, -0.25) is 4.98 Å². The lowest BCUT2D eigenvalue weighted by molar-refractivity contribution is 0.196. The van der Waals surface area contributed by atoms with Crippen LogP contribution in [0, 0.1) is 6.92 Å². The number of hydrogen-bond donors (Lipinski definition) is 1. The van der Waals surface area contributed by atoms with Gasteiger partial charge in [0.2, 0.25) is 0 Å². The molecule has 1 N–H and O–H groups in total. The van der Waals surface area contributed by atoms with Crippen molar-refractivity contribution in [3.63, 3.8) is 0 Å². The molecule has 0 saturated heterocycles. The zero-order valence-electron chi connectivity index (χ0n) is 9.69. The molecule has 0 spiro atoms. The van der Waals surface area contributed by atoms with Gasteiger partial charge in [-0.25, -0.2) is 0 Å². The van der Waals surface area contributed by atoms with E-state index in [1.54, 1.807) is 20.2 Å². The lowest BCUT2D eigenvalue weighted by Gasteiger charge is -2.15. The van der Waals surface area contributed by atoms with Crippen molar-refractivity contribution in [1.82, 2.24) is 4.98 Å². The van der Waals surface area contributed by atoms with E-state index in [1.807, 2.05) is 25.1 Å². The summed E-state index contributed by atoms with van der Waals surface area (Å²) in [5, 5.41) is 10.8. The van der Waals surface area contributed by atoms with Crippen molar-refractivity contribution in [2.24, 2.45) is 0 Å². The van der Waals surface area contributed by atoms with Crippen LogP contribution < -0.4 is 4.74 Å². The van der Waals surface area contributed by atoms with E-state index in [1.165, 1.54) is 0 Å². The summed E-state index contributed by atoms with van der Waals surface area (Å²) in [6.07, 6.45) is 1.21. The summed E-state index contributed by atoms with van der Waals surface area (Å²) >= 11 is 0. The SMILES string of the molecule is COc1ccc2nccc(C)c2c1C(C)O. The van der Waals surface area contributed by atoms with Crippen LogP contribution in [0.2, 0.25) is 0 Å². The van der Waals surface area contributed by atoms with E-state index in [-0.39, 0.29) is 0 Å². The number of fused-ring (bicyclic) bond motifs is 1. The number of aryl methyl sites for hydroxylation is 1. The fraction of sp³-hybridized carbons (Fsp3) is 0.308. The third-order valence-electron chi connectivity index (χ3n) is 2.75. The van der Waals surface area contributed by atoms with Crippen LogP contribution in [0.25, 0.3) is 10.9 Å². The molecule has 0 aliphatic heterocycles. The molecule has 1 heterocycles. The fourth-order valence-corrected chi connectivity index (χ4v) is 2.02. The average molecular weight is 217 g/mol. The van der Waals surface area contributed by atoms with Gasteiger partial charge in [-0.15, -0.1) is 0 Å². The summed E-state index contributed by atoms with van der Waals surface area (Å²) in [4.78, 5) is 4.29. The number of aliphatic hydroxyl groups excluding tert-OH is 1. The Balaban J connectivity index is 2.87. The van der Waals surface area contributed by atoms with E-state index < -0.39 is 6.10 Å². The van der Waals surface area contributed by atoms with Crippen molar-refractivity contribution in [2.45, 2.75) is 20.0 Å². The summed E-state index contributed by atoms with van der Waals surface area (Å²) in [5.41, 5.74) is 2.79. The topological polar surface area (TPSA) is 42.4 Å². The van der Waals surface area contributed by atoms with Gasteiger partial charge in [0.25, 0.3) is 0 Å². The zero-order valence-corrected chi connectivity index (χ0v) is 9.69. The highest BCUT2D eigenvalue weighted by molar-refractivity contribution is 5.87. The predicted octanol–water partition coefficient (Wildman–Crippen LogP) is 2.61. The largest absolute Gasteiger partial charge is 0.496 e. The number of methoxy groups -OCH3 is 1. The van der Waals surface area contributed by atoms with E-state index in [2.05, 4.69) is 4.98 Å². The summed E-state index contributed by atoms with van der Waals surface area (Å²) in [7, 11) is 1.61. The predicted molar refractivity (Wildman–Crippen MR) is 63.7 cm³/mol. The normalized spacial score (nSPS) is 12.8. The first-order chi connectivity index (χ1) is 7.65. The number of aromatic nitrogens is 1. The van der Waals surface area contributed by atoms with Crippen LogP contribution in [-0.2, 0) is 0 Å². The van der Waals surface area contributed by atoms with Crippen molar-refractivity contribution in [3.8, 4) is 5.75 Å². The molecule has 2 rings (SSSR count). The Kier molecular flexibility index (Phi) is 2.79. The highest BCUT2D eigenvalue weighted by atomic mass is 16.5. The molecule has 0 bridgehead atoms. The maximum Gasteiger partial charge on any atom is 0.125 e. The van der Waals surface area contributed by atoms with Gasteiger partial charge < -0.3 is 9.84 Å². The number of rotatable bonds is 2. The molecule has 3 heteroatoms. The van der Waals surface area contributed by atoms with Gasteiger partial charge in [0.15, 0.2) is 0 Å².